The van der Waals surface area contributed by atoms with Crippen molar-refractivity contribution >= 4 is 17.7 Å². The van der Waals surface area contributed by atoms with Crippen molar-refractivity contribution in [3.05, 3.63) is 35.4 Å². The van der Waals surface area contributed by atoms with Gasteiger partial charge in [0.2, 0.25) is 6.41 Å². The van der Waals surface area contributed by atoms with E-state index in [-0.39, 0.29) is 0 Å². The van der Waals surface area contributed by atoms with Crippen LogP contribution in [0.3, 0.4) is 0 Å². The van der Waals surface area contributed by atoms with E-state index in [1.165, 1.54) is 5.56 Å². The number of aryl methyl sites for hydroxylation is 1. The summed E-state index contributed by atoms with van der Waals surface area (Å²) in [6.45, 7) is 6.06. The molecule has 1 aromatic carbocycles. The molecular formula is C12H15NO. The zero-order valence-electron chi connectivity index (χ0n) is 8.79. The van der Waals surface area contributed by atoms with Crippen LogP contribution in [0.25, 0.3) is 5.57 Å². The van der Waals surface area contributed by atoms with Crippen LogP contribution < -0.4 is 5.32 Å². The van der Waals surface area contributed by atoms with Crippen LogP contribution in [-0.2, 0) is 4.79 Å². The van der Waals surface area contributed by atoms with Crippen LogP contribution in [-0.4, -0.2) is 6.41 Å². The Labute approximate surface area is 84.6 Å². The topological polar surface area (TPSA) is 29.1 Å². The number of rotatable bonds is 3. The molecule has 1 aromatic rings. The summed E-state index contributed by atoms with van der Waals surface area (Å²) in [5, 5.41) is 2.70. The lowest BCUT2D eigenvalue weighted by molar-refractivity contribution is -0.105. The minimum atomic E-state index is 0.705. The van der Waals surface area contributed by atoms with E-state index in [1.807, 2.05) is 39.0 Å². The summed E-state index contributed by atoms with van der Waals surface area (Å²) in [4.78, 5) is 10.4. The Balaban J connectivity index is 3.22. The third-order valence-electron chi connectivity index (χ3n) is 2.25. The number of carbonyl (C=O) groups excluding carboxylic acids is 1. The predicted octanol–water partition coefficient (Wildman–Crippen LogP) is 2.99. The van der Waals surface area contributed by atoms with Crippen LogP contribution in [0.15, 0.2) is 24.3 Å². The number of carbonyl (C=O) groups is 1. The van der Waals surface area contributed by atoms with Gasteiger partial charge in [-0.2, -0.15) is 0 Å². The molecule has 0 heterocycles. The first-order valence-electron chi connectivity index (χ1n) is 4.63. The fourth-order valence-corrected chi connectivity index (χ4v) is 1.33. The van der Waals surface area contributed by atoms with Crippen LogP contribution in [0.1, 0.15) is 25.0 Å². The molecule has 1 amide bonds. The molecule has 0 spiro atoms. The second-order valence-electron chi connectivity index (χ2n) is 3.28. The van der Waals surface area contributed by atoms with E-state index in [2.05, 4.69) is 11.4 Å². The molecule has 0 saturated carbocycles. The Kier molecular flexibility index (Phi) is 3.46. The highest BCUT2D eigenvalue weighted by Crippen LogP contribution is 2.24. The van der Waals surface area contributed by atoms with Gasteiger partial charge in [0, 0.05) is 11.3 Å². The number of amides is 1. The van der Waals surface area contributed by atoms with Crippen LogP contribution in [0.5, 0.6) is 0 Å². The van der Waals surface area contributed by atoms with Crippen molar-refractivity contribution in [3.63, 3.8) is 0 Å². The molecule has 0 aromatic heterocycles. The lowest BCUT2D eigenvalue weighted by Crippen LogP contribution is -1.98. The molecule has 0 saturated heterocycles. The highest BCUT2D eigenvalue weighted by molar-refractivity contribution is 5.82. The molecule has 14 heavy (non-hydrogen) atoms. The standard InChI is InChI=1S/C12H15NO/c1-4-10(3)11-7-9(2)5-6-12(11)13-8-14/h4-8H,1-3H3,(H,13,14)/b10-4+. The van der Waals surface area contributed by atoms with E-state index >= 15 is 0 Å². The van der Waals surface area contributed by atoms with Crippen LogP contribution in [0.2, 0.25) is 0 Å². The average Bonchev–Trinajstić information content (AvgIpc) is 2.20. The molecule has 1 N–H and O–H groups in total. The van der Waals surface area contributed by atoms with Crippen molar-refractivity contribution in [1.82, 2.24) is 0 Å². The van der Waals surface area contributed by atoms with E-state index in [9.17, 15) is 4.79 Å². The largest absolute Gasteiger partial charge is 0.328 e. The number of allylic oxidation sites excluding steroid dienone is 2. The Morgan fingerprint density at radius 1 is 1.43 bits per heavy atom. The van der Waals surface area contributed by atoms with Crippen LogP contribution >= 0.6 is 0 Å². The van der Waals surface area contributed by atoms with Crippen molar-refractivity contribution in [1.29, 1.82) is 0 Å². The summed E-state index contributed by atoms with van der Waals surface area (Å²) in [7, 11) is 0. The fraction of sp³-hybridized carbons (Fsp3) is 0.250. The molecule has 2 heteroatoms. The van der Waals surface area contributed by atoms with E-state index in [0.29, 0.717) is 6.41 Å². The third-order valence-corrected chi connectivity index (χ3v) is 2.25. The Morgan fingerprint density at radius 3 is 2.71 bits per heavy atom. The van der Waals surface area contributed by atoms with Gasteiger partial charge >= 0.3 is 0 Å². The van der Waals surface area contributed by atoms with E-state index in [1.54, 1.807) is 0 Å². The molecule has 0 atom stereocenters. The zero-order valence-corrected chi connectivity index (χ0v) is 8.79. The third kappa shape index (κ3) is 2.22. The summed E-state index contributed by atoms with van der Waals surface area (Å²) < 4.78 is 0. The van der Waals surface area contributed by atoms with Gasteiger partial charge in [0.25, 0.3) is 0 Å². The smallest absolute Gasteiger partial charge is 0.211 e. The van der Waals surface area contributed by atoms with Crippen molar-refractivity contribution in [2.75, 3.05) is 5.32 Å². The maximum absolute atomic E-state index is 10.4. The van der Waals surface area contributed by atoms with Crippen LogP contribution in [0, 0.1) is 6.92 Å². The Morgan fingerprint density at radius 2 is 2.14 bits per heavy atom. The molecule has 0 fully saturated rings. The van der Waals surface area contributed by atoms with Gasteiger partial charge in [0.15, 0.2) is 0 Å². The van der Waals surface area contributed by atoms with E-state index in [0.717, 1.165) is 16.8 Å². The van der Waals surface area contributed by atoms with Gasteiger partial charge in [0.1, 0.15) is 0 Å². The van der Waals surface area contributed by atoms with Gasteiger partial charge in [0.05, 0.1) is 0 Å². The monoisotopic (exact) mass is 189 g/mol. The molecule has 74 valence electrons. The normalized spacial score (nSPS) is 11.2. The number of nitrogens with one attached hydrogen (secondary N) is 1. The van der Waals surface area contributed by atoms with Gasteiger partial charge in [-0.15, -0.1) is 0 Å². The van der Waals surface area contributed by atoms with Gasteiger partial charge in [-0.05, 0) is 38.5 Å². The first kappa shape index (κ1) is 10.5. The molecule has 0 radical (unpaired) electrons. The second-order valence-corrected chi connectivity index (χ2v) is 3.28. The lowest BCUT2D eigenvalue weighted by atomic mass is 10.0. The summed E-state index contributed by atoms with van der Waals surface area (Å²) >= 11 is 0. The maximum Gasteiger partial charge on any atom is 0.211 e. The van der Waals surface area contributed by atoms with Crippen molar-refractivity contribution in [2.45, 2.75) is 20.8 Å². The molecule has 1 rings (SSSR count). The molecule has 0 aliphatic rings. The quantitative estimate of drug-likeness (QED) is 0.728. The summed E-state index contributed by atoms with van der Waals surface area (Å²) in [5.74, 6) is 0. The summed E-state index contributed by atoms with van der Waals surface area (Å²) in [5.41, 5.74) is 4.30. The van der Waals surface area contributed by atoms with Gasteiger partial charge in [-0.3, -0.25) is 4.79 Å². The zero-order chi connectivity index (χ0) is 10.6. The highest BCUT2D eigenvalue weighted by Gasteiger charge is 2.02. The van der Waals surface area contributed by atoms with Gasteiger partial charge in [-0.1, -0.05) is 17.7 Å². The molecule has 0 aliphatic heterocycles. The van der Waals surface area contributed by atoms with Gasteiger partial charge in [-0.25, -0.2) is 0 Å². The van der Waals surface area contributed by atoms with E-state index in [4.69, 9.17) is 0 Å². The van der Waals surface area contributed by atoms with E-state index < -0.39 is 0 Å². The van der Waals surface area contributed by atoms with Gasteiger partial charge < -0.3 is 5.32 Å². The molecular weight excluding hydrogens is 174 g/mol. The van der Waals surface area contributed by atoms with Crippen molar-refractivity contribution < 1.29 is 4.79 Å². The molecule has 0 unspecified atom stereocenters. The molecule has 0 bridgehead atoms. The van der Waals surface area contributed by atoms with Crippen molar-refractivity contribution in [2.24, 2.45) is 0 Å². The highest BCUT2D eigenvalue weighted by atomic mass is 16.1. The minimum absolute atomic E-state index is 0.705. The summed E-state index contributed by atoms with van der Waals surface area (Å²) in [6, 6.07) is 5.98. The maximum atomic E-state index is 10.4. The second kappa shape index (κ2) is 4.61. The molecule has 0 aliphatic carbocycles. The average molecular weight is 189 g/mol. The van der Waals surface area contributed by atoms with Crippen molar-refractivity contribution in [3.8, 4) is 0 Å². The Hall–Kier alpha value is -1.57. The first-order chi connectivity index (χ1) is 6.69. The molecule has 2 nitrogen and oxygen atoms in total. The predicted molar refractivity (Wildman–Crippen MR) is 60.2 cm³/mol. The number of hydrogen-bond donors (Lipinski definition) is 1. The SMILES string of the molecule is C/C=C(\C)c1cc(C)ccc1NC=O. The lowest BCUT2D eigenvalue weighted by Gasteiger charge is -2.09. The first-order valence-corrected chi connectivity index (χ1v) is 4.63. The number of anilines is 1. The fourth-order valence-electron chi connectivity index (χ4n) is 1.33. The number of benzene rings is 1. The number of hydrogen-bond acceptors (Lipinski definition) is 1. The Bertz CT molecular complexity index is 367. The minimum Gasteiger partial charge on any atom is -0.328 e. The van der Waals surface area contributed by atoms with Crippen LogP contribution in [0.4, 0.5) is 5.69 Å². The summed E-state index contributed by atoms with van der Waals surface area (Å²) in [6.07, 6.45) is 2.74.